The summed E-state index contributed by atoms with van der Waals surface area (Å²) < 4.78 is 2.75. The van der Waals surface area contributed by atoms with Crippen LogP contribution in [0.3, 0.4) is 0 Å². The maximum Gasteiger partial charge on any atom is 0.0440 e. The normalized spacial score (nSPS) is 12.4. The molecule has 0 fully saturated rings. The van der Waals surface area contributed by atoms with Crippen LogP contribution in [0, 0.1) is 0 Å². The van der Waals surface area contributed by atoms with Crippen LogP contribution in [-0.2, 0) is 0 Å². The molecule has 1 heterocycles. The largest absolute Gasteiger partial charge is 0.134 e. The van der Waals surface area contributed by atoms with E-state index in [-0.39, 0.29) is 0 Å². The smallest absolute Gasteiger partial charge is 0.0440 e. The summed E-state index contributed by atoms with van der Waals surface area (Å²) >= 11 is 1.92. The lowest BCUT2D eigenvalue weighted by Crippen LogP contribution is -1.89. The molecule has 11 rings (SSSR count). The fourth-order valence-electron chi connectivity index (χ4n) is 8.14. The average molecular weight is 585 g/mol. The second kappa shape index (κ2) is 8.57. The van der Waals surface area contributed by atoms with Crippen molar-refractivity contribution in [2.24, 2.45) is 0 Å². The van der Waals surface area contributed by atoms with Gasteiger partial charge in [-0.1, -0.05) is 127 Å². The van der Waals surface area contributed by atoms with Gasteiger partial charge in [0.15, 0.2) is 0 Å². The Hall–Kier alpha value is -5.50. The zero-order valence-electron chi connectivity index (χ0n) is 24.3. The highest BCUT2D eigenvalue weighted by Gasteiger charge is 2.17. The second-order valence-electron chi connectivity index (χ2n) is 12.4. The SMILES string of the molecule is c1cc2ccc3ccc(-c4ccc5ccc(-c6ccc7c8cccc9cccc(c%10cccc6c%107)c98)cc5c4)c4sc(c1)c2c34. The fourth-order valence-corrected chi connectivity index (χ4v) is 9.44. The molecule has 0 saturated heterocycles. The Labute approximate surface area is 263 Å². The van der Waals surface area contributed by atoms with Gasteiger partial charge in [-0.25, -0.2) is 0 Å². The van der Waals surface area contributed by atoms with Crippen molar-refractivity contribution < 1.29 is 0 Å². The molecule has 0 radical (unpaired) electrons. The van der Waals surface area contributed by atoms with Gasteiger partial charge >= 0.3 is 0 Å². The monoisotopic (exact) mass is 584 g/mol. The first-order valence-corrected chi connectivity index (χ1v) is 16.4. The number of hydrogen-bond donors (Lipinski definition) is 0. The lowest BCUT2D eigenvalue weighted by atomic mass is 9.87. The standard InChI is InChI=1S/C44H24S/c1-5-26-6-2-9-36-38-22-21-32(34-10-4-11-37(43(34)38)35(8-1)40(26)36)29-17-13-25-14-18-30(24-31(25)23-29)33-20-19-28-16-15-27-7-3-12-39-41(27)42(28)44(33)45-39/h1-24H. The Morgan fingerprint density at radius 2 is 0.844 bits per heavy atom. The molecule has 1 aromatic heterocycles. The molecule has 0 aliphatic rings. The van der Waals surface area contributed by atoms with Crippen molar-refractivity contribution in [2.75, 3.05) is 0 Å². The predicted molar refractivity (Wildman–Crippen MR) is 198 cm³/mol. The number of fused-ring (bicyclic) bond motifs is 3. The Balaban J connectivity index is 1.13. The molecule has 1 heteroatoms. The first kappa shape index (κ1) is 23.9. The van der Waals surface area contributed by atoms with Gasteiger partial charge in [-0.2, -0.15) is 0 Å². The number of thiophene rings is 1. The van der Waals surface area contributed by atoms with Crippen LogP contribution in [0.1, 0.15) is 0 Å². The molecule has 206 valence electrons. The van der Waals surface area contributed by atoms with Gasteiger partial charge in [-0.15, -0.1) is 11.3 Å². The molecule has 45 heavy (non-hydrogen) atoms. The van der Waals surface area contributed by atoms with Gasteiger partial charge in [-0.3, -0.25) is 0 Å². The minimum atomic E-state index is 1.26. The van der Waals surface area contributed by atoms with Crippen LogP contribution in [-0.4, -0.2) is 0 Å². The van der Waals surface area contributed by atoms with Gasteiger partial charge in [0.2, 0.25) is 0 Å². The van der Waals surface area contributed by atoms with E-state index in [1.807, 2.05) is 11.3 Å². The van der Waals surface area contributed by atoms with Gasteiger partial charge in [0.05, 0.1) is 0 Å². The summed E-state index contributed by atoms with van der Waals surface area (Å²) in [4.78, 5) is 0. The highest BCUT2D eigenvalue weighted by atomic mass is 32.1. The molecule has 0 nitrogen and oxygen atoms in total. The maximum atomic E-state index is 2.39. The van der Waals surface area contributed by atoms with Crippen LogP contribution in [0.5, 0.6) is 0 Å². The number of benzene rings is 10. The van der Waals surface area contributed by atoms with Crippen LogP contribution < -0.4 is 0 Å². The zero-order valence-corrected chi connectivity index (χ0v) is 25.1. The average Bonchev–Trinajstić information content (AvgIpc) is 3.50. The van der Waals surface area contributed by atoms with Crippen molar-refractivity contribution in [3.8, 4) is 22.3 Å². The van der Waals surface area contributed by atoms with Crippen LogP contribution >= 0.6 is 11.3 Å². The molecule has 0 aliphatic carbocycles. The van der Waals surface area contributed by atoms with Crippen LogP contribution in [0.15, 0.2) is 146 Å². The molecule has 10 aromatic carbocycles. The highest BCUT2D eigenvalue weighted by molar-refractivity contribution is 7.26. The van der Waals surface area contributed by atoms with E-state index in [2.05, 4.69) is 146 Å². The molecular weight excluding hydrogens is 561 g/mol. The van der Waals surface area contributed by atoms with E-state index in [0.717, 1.165) is 0 Å². The molecule has 0 aliphatic heterocycles. The summed E-state index contributed by atoms with van der Waals surface area (Å²) in [5, 5.41) is 18.7. The van der Waals surface area contributed by atoms with E-state index in [4.69, 9.17) is 0 Å². The molecule has 0 N–H and O–H groups in total. The molecule has 0 saturated carbocycles. The lowest BCUT2D eigenvalue weighted by molar-refractivity contribution is 1.68. The number of rotatable bonds is 2. The molecule has 11 aromatic rings. The number of hydrogen-bond acceptors (Lipinski definition) is 1. The second-order valence-corrected chi connectivity index (χ2v) is 13.5. The summed E-state index contributed by atoms with van der Waals surface area (Å²) in [6.45, 7) is 0. The van der Waals surface area contributed by atoms with E-state index >= 15 is 0 Å². The van der Waals surface area contributed by atoms with Gasteiger partial charge in [0.25, 0.3) is 0 Å². The van der Waals surface area contributed by atoms with E-state index < -0.39 is 0 Å². The summed E-state index contributed by atoms with van der Waals surface area (Å²) in [5.74, 6) is 0. The first-order chi connectivity index (χ1) is 22.3. The van der Waals surface area contributed by atoms with Crippen molar-refractivity contribution >= 4 is 96.1 Å². The molecule has 0 amide bonds. The van der Waals surface area contributed by atoms with Gasteiger partial charge in [0.1, 0.15) is 0 Å². The van der Waals surface area contributed by atoms with Gasteiger partial charge < -0.3 is 0 Å². The predicted octanol–water partition coefficient (Wildman–Crippen LogP) is 13.2. The Kier molecular flexibility index (Phi) is 4.55. The van der Waals surface area contributed by atoms with Crippen molar-refractivity contribution in [3.05, 3.63) is 146 Å². The minimum absolute atomic E-state index is 1.26. The Morgan fingerprint density at radius 1 is 0.311 bits per heavy atom. The van der Waals surface area contributed by atoms with Gasteiger partial charge in [-0.05, 0) is 105 Å². The van der Waals surface area contributed by atoms with E-state index in [0.29, 0.717) is 0 Å². The van der Waals surface area contributed by atoms with Crippen molar-refractivity contribution in [3.63, 3.8) is 0 Å². The van der Waals surface area contributed by atoms with E-state index in [1.165, 1.54) is 107 Å². The Morgan fingerprint density at radius 3 is 1.62 bits per heavy atom. The van der Waals surface area contributed by atoms with Crippen molar-refractivity contribution in [2.45, 2.75) is 0 Å². The zero-order chi connectivity index (χ0) is 29.2. The molecule has 0 spiro atoms. The molecule has 0 bridgehead atoms. The quantitative estimate of drug-likeness (QED) is 0.140. The summed E-state index contributed by atoms with van der Waals surface area (Å²) in [5.41, 5.74) is 5.13. The summed E-state index contributed by atoms with van der Waals surface area (Å²) in [6, 6.07) is 54.7. The van der Waals surface area contributed by atoms with E-state index in [1.54, 1.807) is 0 Å². The topological polar surface area (TPSA) is 0 Å². The van der Waals surface area contributed by atoms with Crippen LogP contribution in [0.25, 0.3) is 107 Å². The lowest BCUT2D eigenvalue weighted by Gasteiger charge is -2.17. The molecular formula is C44H24S. The minimum Gasteiger partial charge on any atom is -0.134 e. The highest BCUT2D eigenvalue weighted by Crippen LogP contribution is 2.46. The maximum absolute atomic E-state index is 2.39. The third kappa shape index (κ3) is 3.16. The van der Waals surface area contributed by atoms with Crippen LogP contribution in [0.4, 0.5) is 0 Å². The third-order valence-electron chi connectivity index (χ3n) is 10.1. The Bertz CT molecular complexity index is 2930. The fraction of sp³-hybridized carbons (Fsp3) is 0. The van der Waals surface area contributed by atoms with E-state index in [9.17, 15) is 0 Å². The summed E-state index contributed by atoms with van der Waals surface area (Å²) in [7, 11) is 0. The van der Waals surface area contributed by atoms with Gasteiger partial charge in [0, 0.05) is 20.2 Å². The van der Waals surface area contributed by atoms with Crippen LogP contribution in [0.2, 0.25) is 0 Å². The van der Waals surface area contributed by atoms with Crippen molar-refractivity contribution in [1.82, 2.24) is 0 Å². The molecule has 0 atom stereocenters. The van der Waals surface area contributed by atoms with Crippen molar-refractivity contribution in [1.29, 1.82) is 0 Å². The first-order valence-electron chi connectivity index (χ1n) is 15.6. The molecule has 0 unspecified atom stereocenters. The summed E-state index contributed by atoms with van der Waals surface area (Å²) in [6.07, 6.45) is 0. The third-order valence-corrected chi connectivity index (χ3v) is 11.3.